The first-order valence-corrected chi connectivity index (χ1v) is 8.61. The second-order valence-corrected chi connectivity index (χ2v) is 6.43. The van der Waals surface area contributed by atoms with Gasteiger partial charge in [0.2, 0.25) is 0 Å². The summed E-state index contributed by atoms with van der Waals surface area (Å²) in [6, 6.07) is 17.8. The zero-order chi connectivity index (χ0) is 17.8. The largest absolute Gasteiger partial charge is 0.390 e. The number of pyridine rings is 1. The van der Waals surface area contributed by atoms with Crippen LogP contribution in [0.15, 0.2) is 70.5 Å². The topological polar surface area (TPSA) is 63.8 Å². The molecule has 2 aromatic heterocycles. The highest BCUT2D eigenvalue weighted by atomic mass is 16.6. The maximum absolute atomic E-state index is 5.59. The maximum Gasteiger partial charge on any atom is 0.151 e. The van der Waals surface area contributed by atoms with Crippen molar-refractivity contribution in [3.05, 3.63) is 72.1 Å². The molecule has 1 aliphatic rings. The van der Waals surface area contributed by atoms with Crippen molar-refractivity contribution in [3.8, 4) is 11.4 Å². The van der Waals surface area contributed by atoms with Crippen molar-refractivity contribution in [3.63, 3.8) is 0 Å². The molecule has 3 heterocycles. The molecule has 26 heavy (non-hydrogen) atoms. The number of oxime groups is 1. The van der Waals surface area contributed by atoms with Crippen molar-refractivity contribution in [2.45, 2.75) is 19.1 Å². The number of benzene rings is 1. The van der Waals surface area contributed by atoms with Gasteiger partial charge >= 0.3 is 0 Å². The van der Waals surface area contributed by atoms with Gasteiger partial charge in [0.15, 0.2) is 5.76 Å². The third-order valence-corrected chi connectivity index (χ3v) is 4.27. The standard InChI is InChI=1S/C20H20N4O2/c1-24(13-16-11-19(22-25-16)15-7-3-2-4-8-15)14-17-12-20(23-26-17)18-9-5-6-10-21-18/h2-10,12,16H,11,13-14H2,1H3/t16-/m1/s1. The molecule has 6 nitrogen and oxygen atoms in total. The zero-order valence-electron chi connectivity index (χ0n) is 14.6. The maximum atomic E-state index is 5.59. The fraction of sp³-hybridized carbons (Fsp3) is 0.250. The van der Waals surface area contributed by atoms with Crippen molar-refractivity contribution >= 4 is 5.71 Å². The summed E-state index contributed by atoms with van der Waals surface area (Å²) in [6.07, 6.45) is 2.61. The van der Waals surface area contributed by atoms with Gasteiger partial charge in [-0.25, -0.2) is 0 Å². The fourth-order valence-electron chi connectivity index (χ4n) is 3.03. The molecule has 0 amide bonds. The molecule has 0 saturated carbocycles. The van der Waals surface area contributed by atoms with Crippen LogP contribution in [0.4, 0.5) is 0 Å². The molecule has 0 unspecified atom stereocenters. The minimum absolute atomic E-state index is 0.0494. The normalized spacial score (nSPS) is 16.5. The summed E-state index contributed by atoms with van der Waals surface area (Å²) in [5.74, 6) is 0.801. The van der Waals surface area contributed by atoms with Gasteiger partial charge in [0.05, 0.1) is 18.0 Å². The molecule has 0 fully saturated rings. The smallest absolute Gasteiger partial charge is 0.151 e. The van der Waals surface area contributed by atoms with E-state index in [2.05, 4.69) is 32.3 Å². The Balaban J connectivity index is 1.31. The molecule has 0 saturated heterocycles. The Kier molecular flexibility index (Phi) is 4.75. The van der Waals surface area contributed by atoms with Gasteiger partial charge in [-0.05, 0) is 24.7 Å². The van der Waals surface area contributed by atoms with E-state index in [4.69, 9.17) is 9.36 Å². The summed E-state index contributed by atoms with van der Waals surface area (Å²) in [7, 11) is 2.03. The van der Waals surface area contributed by atoms with Crippen LogP contribution in [0, 0.1) is 0 Å². The van der Waals surface area contributed by atoms with Crippen LogP contribution < -0.4 is 0 Å². The highest BCUT2D eigenvalue weighted by molar-refractivity contribution is 6.01. The molecule has 3 aromatic rings. The van der Waals surface area contributed by atoms with Crippen LogP contribution in [0.2, 0.25) is 0 Å². The van der Waals surface area contributed by atoms with Crippen molar-refractivity contribution < 1.29 is 9.36 Å². The molecule has 4 rings (SSSR count). The lowest BCUT2D eigenvalue weighted by molar-refractivity contribution is 0.0557. The molecule has 0 aliphatic carbocycles. The van der Waals surface area contributed by atoms with E-state index in [9.17, 15) is 0 Å². The molecule has 6 heteroatoms. The Labute approximate surface area is 152 Å². The van der Waals surface area contributed by atoms with Crippen molar-refractivity contribution in [1.29, 1.82) is 0 Å². The minimum atomic E-state index is 0.0494. The first kappa shape index (κ1) is 16.5. The number of hydrogen-bond donors (Lipinski definition) is 0. The van der Waals surface area contributed by atoms with Gasteiger partial charge < -0.3 is 9.36 Å². The Morgan fingerprint density at radius 3 is 2.73 bits per heavy atom. The van der Waals surface area contributed by atoms with Gasteiger partial charge in [-0.15, -0.1) is 0 Å². The highest BCUT2D eigenvalue weighted by Crippen LogP contribution is 2.19. The Bertz CT molecular complexity index is 877. The SMILES string of the molecule is CN(Cc1cc(-c2ccccn2)no1)C[C@H]1CC(c2ccccc2)=NO1. The number of hydrogen-bond acceptors (Lipinski definition) is 6. The summed E-state index contributed by atoms with van der Waals surface area (Å²) >= 11 is 0. The van der Waals surface area contributed by atoms with E-state index >= 15 is 0 Å². The lowest BCUT2D eigenvalue weighted by atomic mass is 10.1. The molecule has 1 aromatic carbocycles. The predicted octanol–water partition coefficient (Wildman–Crippen LogP) is 3.36. The van der Waals surface area contributed by atoms with Crippen molar-refractivity contribution in [2.24, 2.45) is 5.16 Å². The van der Waals surface area contributed by atoms with Crippen molar-refractivity contribution in [2.75, 3.05) is 13.6 Å². The quantitative estimate of drug-likeness (QED) is 0.683. The van der Waals surface area contributed by atoms with E-state index in [1.807, 2.05) is 49.5 Å². The lowest BCUT2D eigenvalue weighted by Gasteiger charge is -2.17. The number of rotatable bonds is 6. The van der Waals surface area contributed by atoms with E-state index in [0.717, 1.165) is 41.4 Å². The van der Waals surface area contributed by atoms with Crippen LogP contribution in [0.25, 0.3) is 11.4 Å². The first-order valence-electron chi connectivity index (χ1n) is 8.61. The molecule has 132 valence electrons. The van der Waals surface area contributed by atoms with Gasteiger partial charge in [0.25, 0.3) is 0 Å². The third-order valence-electron chi connectivity index (χ3n) is 4.27. The Morgan fingerprint density at radius 2 is 1.92 bits per heavy atom. The lowest BCUT2D eigenvalue weighted by Crippen LogP contribution is -2.29. The number of likely N-dealkylation sites (N-methyl/N-ethyl adjacent to an activating group) is 1. The van der Waals surface area contributed by atoms with E-state index < -0.39 is 0 Å². The summed E-state index contributed by atoms with van der Waals surface area (Å²) in [6.45, 7) is 1.42. The number of nitrogens with zero attached hydrogens (tertiary/aromatic N) is 4. The molecule has 0 radical (unpaired) electrons. The summed E-state index contributed by atoms with van der Waals surface area (Å²) < 4.78 is 5.44. The van der Waals surface area contributed by atoms with Gasteiger partial charge in [0.1, 0.15) is 11.8 Å². The molecule has 1 atom stereocenters. The average molecular weight is 348 g/mol. The van der Waals surface area contributed by atoms with E-state index in [-0.39, 0.29) is 6.10 Å². The van der Waals surface area contributed by atoms with Crippen LogP contribution in [0.1, 0.15) is 17.7 Å². The van der Waals surface area contributed by atoms with Crippen LogP contribution in [0.3, 0.4) is 0 Å². The Hall–Kier alpha value is -2.99. The first-order chi connectivity index (χ1) is 12.8. The third kappa shape index (κ3) is 3.81. The van der Waals surface area contributed by atoms with Crippen LogP contribution >= 0.6 is 0 Å². The van der Waals surface area contributed by atoms with Crippen LogP contribution in [-0.2, 0) is 11.4 Å². The van der Waals surface area contributed by atoms with Crippen molar-refractivity contribution in [1.82, 2.24) is 15.0 Å². The zero-order valence-corrected chi connectivity index (χ0v) is 14.6. The number of aromatic nitrogens is 2. The van der Waals surface area contributed by atoms with Gasteiger partial charge in [-0.1, -0.05) is 46.7 Å². The fourth-order valence-corrected chi connectivity index (χ4v) is 3.03. The molecule has 0 N–H and O–H groups in total. The van der Waals surface area contributed by atoms with Gasteiger partial charge in [0, 0.05) is 25.2 Å². The minimum Gasteiger partial charge on any atom is -0.390 e. The highest BCUT2D eigenvalue weighted by Gasteiger charge is 2.24. The average Bonchev–Trinajstić information content (AvgIpc) is 3.33. The van der Waals surface area contributed by atoms with Crippen LogP contribution in [-0.4, -0.2) is 40.4 Å². The second-order valence-electron chi connectivity index (χ2n) is 6.43. The van der Waals surface area contributed by atoms with E-state index in [1.165, 1.54) is 0 Å². The molecule has 1 aliphatic heterocycles. The van der Waals surface area contributed by atoms with Gasteiger partial charge in [-0.2, -0.15) is 0 Å². The summed E-state index contributed by atoms with van der Waals surface area (Å²) in [5.41, 5.74) is 3.68. The molecule has 0 bridgehead atoms. The summed E-state index contributed by atoms with van der Waals surface area (Å²) in [5, 5.41) is 8.34. The molecular formula is C20H20N4O2. The Morgan fingerprint density at radius 1 is 1.08 bits per heavy atom. The second kappa shape index (κ2) is 7.49. The van der Waals surface area contributed by atoms with Crippen LogP contribution in [0.5, 0.6) is 0 Å². The van der Waals surface area contributed by atoms with Gasteiger partial charge in [-0.3, -0.25) is 9.88 Å². The molecule has 0 spiro atoms. The van der Waals surface area contributed by atoms with E-state index in [0.29, 0.717) is 6.54 Å². The molecular weight excluding hydrogens is 328 g/mol. The predicted molar refractivity (Wildman–Crippen MR) is 98.5 cm³/mol. The monoisotopic (exact) mass is 348 g/mol. The summed E-state index contributed by atoms with van der Waals surface area (Å²) in [4.78, 5) is 12.0. The van der Waals surface area contributed by atoms with E-state index in [1.54, 1.807) is 6.20 Å².